The second kappa shape index (κ2) is 5.14. The maximum Gasteiger partial charge on any atom is 0.244 e. The maximum absolute atomic E-state index is 12.1. The van der Waals surface area contributed by atoms with Crippen LogP contribution in [0.1, 0.15) is 18.5 Å². The quantitative estimate of drug-likeness (QED) is 0.840. The van der Waals surface area contributed by atoms with Gasteiger partial charge in [0.05, 0.1) is 5.69 Å². The van der Waals surface area contributed by atoms with Gasteiger partial charge in [0.2, 0.25) is 5.91 Å². The minimum atomic E-state index is -0.197. The maximum atomic E-state index is 12.1. The van der Waals surface area contributed by atoms with Crippen LogP contribution >= 0.6 is 0 Å². The molecule has 1 fully saturated rings. The smallest absolute Gasteiger partial charge is 0.244 e. The Morgan fingerprint density at radius 1 is 1.58 bits per heavy atom. The predicted molar refractivity (Wildman–Crippen MR) is 72.4 cm³/mol. The van der Waals surface area contributed by atoms with Crippen LogP contribution in [0, 0.1) is 11.3 Å². The van der Waals surface area contributed by atoms with E-state index in [9.17, 15) is 4.79 Å². The Hall–Kier alpha value is -2.29. The number of carbonyl (C=O) groups is 1. The van der Waals surface area contributed by atoms with E-state index in [2.05, 4.69) is 4.98 Å². The number of rotatable bonds is 2. The monoisotopic (exact) mass is 259 g/mol. The molecular formula is C13H17N5O. The van der Waals surface area contributed by atoms with Crippen LogP contribution < -0.4 is 10.6 Å². The number of aromatic nitrogens is 1. The van der Waals surface area contributed by atoms with Gasteiger partial charge in [-0.3, -0.25) is 4.79 Å². The first-order valence-corrected chi connectivity index (χ1v) is 6.19. The summed E-state index contributed by atoms with van der Waals surface area (Å²) in [6, 6.07) is 5.20. The highest BCUT2D eigenvalue weighted by atomic mass is 16.2. The molecule has 2 rings (SSSR count). The van der Waals surface area contributed by atoms with Gasteiger partial charge in [0.25, 0.3) is 0 Å². The van der Waals surface area contributed by atoms with Gasteiger partial charge in [0.1, 0.15) is 17.9 Å². The fourth-order valence-electron chi connectivity index (χ4n) is 2.30. The van der Waals surface area contributed by atoms with Crippen molar-refractivity contribution < 1.29 is 4.79 Å². The summed E-state index contributed by atoms with van der Waals surface area (Å²) < 4.78 is 0. The fourth-order valence-corrected chi connectivity index (χ4v) is 2.30. The van der Waals surface area contributed by atoms with Gasteiger partial charge < -0.3 is 15.5 Å². The zero-order chi connectivity index (χ0) is 14.0. The lowest BCUT2D eigenvalue weighted by Crippen LogP contribution is -2.43. The van der Waals surface area contributed by atoms with E-state index < -0.39 is 0 Å². The average Bonchev–Trinajstić information content (AvgIpc) is 2.87. The molecule has 1 aliphatic rings. The van der Waals surface area contributed by atoms with Gasteiger partial charge in [-0.25, -0.2) is 4.98 Å². The summed E-state index contributed by atoms with van der Waals surface area (Å²) in [6.07, 6.45) is 1.75. The summed E-state index contributed by atoms with van der Waals surface area (Å²) in [7, 11) is 3.49. The van der Waals surface area contributed by atoms with E-state index in [1.807, 2.05) is 11.0 Å². The Morgan fingerprint density at radius 3 is 2.95 bits per heavy atom. The van der Waals surface area contributed by atoms with Crippen LogP contribution in [0.25, 0.3) is 0 Å². The number of nitriles is 1. The average molecular weight is 259 g/mol. The van der Waals surface area contributed by atoms with Crippen molar-refractivity contribution in [1.82, 2.24) is 9.88 Å². The molecule has 6 nitrogen and oxygen atoms in total. The van der Waals surface area contributed by atoms with Gasteiger partial charge in [-0.15, -0.1) is 0 Å². The number of pyridine rings is 1. The van der Waals surface area contributed by atoms with Crippen molar-refractivity contribution in [3.05, 3.63) is 17.8 Å². The van der Waals surface area contributed by atoms with Crippen molar-refractivity contribution in [3.8, 4) is 6.07 Å². The van der Waals surface area contributed by atoms with Gasteiger partial charge >= 0.3 is 0 Å². The number of nitrogens with two attached hydrogens (primary N) is 1. The standard InChI is InChI=1S/C13H17N5O/c1-17(2)13(19)11-4-3-7-18(11)12-6-5-9(15)10(8-14)16-12/h5-6,11H,3-4,7,15H2,1-2H3. The van der Waals surface area contributed by atoms with Gasteiger partial charge in [0, 0.05) is 20.6 Å². The molecule has 0 radical (unpaired) electrons. The number of nitrogens with zero attached hydrogens (tertiary/aromatic N) is 4. The Bertz CT molecular complexity index is 534. The largest absolute Gasteiger partial charge is 0.396 e. The molecule has 0 saturated carbocycles. The number of hydrogen-bond donors (Lipinski definition) is 1. The number of anilines is 2. The van der Waals surface area contributed by atoms with Crippen LogP contribution in [0.5, 0.6) is 0 Å². The van der Waals surface area contributed by atoms with E-state index in [4.69, 9.17) is 11.0 Å². The Kier molecular flexibility index (Phi) is 3.56. The van der Waals surface area contributed by atoms with Gasteiger partial charge in [-0.1, -0.05) is 0 Å². The lowest BCUT2D eigenvalue weighted by molar-refractivity contribution is -0.129. The molecular weight excluding hydrogens is 242 g/mol. The SMILES string of the molecule is CN(C)C(=O)C1CCCN1c1ccc(N)c(C#N)n1. The van der Waals surface area contributed by atoms with Crippen molar-refractivity contribution in [2.75, 3.05) is 31.3 Å². The topological polar surface area (TPSA) is 86.3 Å². The first-order valence-electron chi connectivity index (χ1n) is 6.19. The van der Waals surface area contributed by atoms with Crippen molar-refractivity contribution >= 4 is 17.4 Å². The van der Waals surface area contributed by atoms with E-state index >= 15 is 0 Å². The molecule has 2 N–H and O–H groups in total. The van der Waals surface area contributed by atoms with Crippen LogP contribution in [0.2, 0.25) is 0 Å². The van der Waals surface area contributed by atoms with Crippen LogP contribution in [0.4, 0.5) is 11.5 Å². The molecule has 19 heavy (non-hydrogen) atoms. The first kappa shape index (κ1) is 13.1. The molecule has 1 aromatic heterocycles. The summed E-state index contributed by atoms with van der Waals surface area (Å²) in [5.41, 5.74) is 6.23. The summed E-state index contributed by atoms with van der Waals surface area (Å²) in [5, 5.41) is 8.96. The summed E-state index contributed by atoms with van der Waals surface area (Å²) in [6.45, 7) is 0.770. The molecule has 0 spiro atoms. The summed E-state index contributed by atoms with van der Waals surface area (Å²) >= 11 is 0. The van der Waals surface area contributed by atoms with E-state index in [1.165, 1.54) is 0 Å². The number of hydrogen-bond acceptors (Lipinski definition) is 5. The van der Waals surface area contributed by atoms with Crippen LogP contribution in [-0.4, -0.2) is 42.5 Å². The predicted octanol–water partition coefficient (Wildman–Crippen LogP) is 0.592. The molecule has 0 bridgehead atoms. The highest BCUT2D eigenvalue weighted by molar-refractivity contribution is 5.85. The minimum absolute atomic E-state index is 0.0645. The summed E-state index contributed by atoms with van der Waals surface area (Å²) in [4.78, 5) is 19.9. The molecule has 1 aliphatic heterocycles. The molecule has 1 aromatic rings. The van der Waals surface area contributed by atoms with E-state index in [1.54, 1.807) is 31.1 Å². The molecule has 1 amide bonds. The molecule has 6 heteroatoms. The Labute approximate surface area is 112 Å². The normalized spacial score (nSPS) is 18.2. The van der Waals surface area contributed by atoms with E-state index in [-0.39, 0.29) is 17.6 Å². The fraction of sp³-hybridized carbons (Fsp3) is 0.462. The van der Waals surface area contributed by atoms with Crippen molar-refractivity contribution in [1.29, 1.82) is 5.26 Å². The van der Waals surface area contributed by atoms with Crippen LogP contribution in [-0.2, 0) is 4.79 Å². The van der Waals surface area contributed by atoms with Crippen molar-refractivity contribution in [3.63, 3.8) is 0 Å². The van der Waals surface area contributed by atoms with Gasteiger partial charge in [0.15, 0.2) is 5.69 Å². The van der Waals surface area contributed by atoms with Crippen LogP contribution in [0.3, 0.4) is 0 Å². The number of nitrogen functional groups attached to an aromatic ring is 1. The third-order valence-corrected chi connectivity index (χ3v) is 3.29. The lowest BCUT2D eigenvalue weighted by Gasteiger charge is -2.27. The highest BCUT2D eigenvalue weighted by Gasteiger charge is 2.32. The van der Waals surface area contributed by atoms with Crippen LogP contribution in [0.15, 0.2) is 12.1 Å². The number of carbonyl (C=O) groups excluding carboxylic acids is 1. The first-order chi connectivity index (χ1) is 9.04. The molecule has 1 atom stereocenters. The third-order valence-electron chi connectivity index (χ3n) is 3.29. The minimum Gasteiger partial charge on any atom is -0.396 e. The molecule has 1 saturated heterocycles. The van der Waals surface area contributed by atoms with Crippen molar-refractivity contribution in [2.45, 2.75) is 18.9 Å². The molecule has 0 aromatic carbocycles. The van der Waals surface area contributed by atoms with Gasteiger partial charge in [-0.2, -0.15) is 5.26 Å². The van der Waals surface area contributed by atoms with Crippen molar-refractivity contribution in [2.24, 2.45) is 0 Å². The van der Waals surface area contributed by atoms with E-state index in [0.29, 0.717) is 11.5 Å². The summed E-state index contributed by atoms with van der Waals surface area (Å²) in [5.74, 6) is 0.707. The third kappa shape index (κ3) is 2.45. The number of amides is 1. The van der Waals surface area contributed by atoms with Gasteiger partial charge in [-0.05, 0) is 25.0 Å². The molecule has 100 valence electrons. The zero-order valence-electron chi connectivity index (χ0n) is 11.1. The molecule has 1 unspecified atom stereocenters. The second-order valence-electron chi connectivity index (χ2n) is 4.80. The zero-order valence-corrected chi connectivity index (χ0v) is 11.1. The Balaban J connectivity index is 2.30. The Morgan fingerprint density at radius 2 is 2.32 bits per heavy atom. The number of likely N-dealkylation sites (N-methyl/N-ethyl adjacent to an activating group) is 1. The second-order valence-corrected chi connectivity index (χ2v) is 4.80. The highest BCUT2D eigenvalue weighted by Crippen LogP contribution is 2.26. The van der Waals surface area contributed by atoms with E-state index in [0.717, 1.165) is 19.4 Å². The lowest BCUT2D eigenvalue weighted by atomic mass is 10.2. The molecule has 2 heterocycles. The molecule has 0 aliphatic carbocycles.